The van der Waals surface area contributed by atoms with Crippen LogP contribution in [0.25, 0.3) is 0 Å². The van der Waals surface area contributed by atoms with E-state index in [2.05, 4.69) is 10.6 Å². The smallest absolute Gasteiger partial charge is 0.319 e. The summed E-state index contributed by atoms with van der Waals surface area (Å²) in [5.74, 6) is 0.561. The minimum Gasteiger partial charge on any atom is -0.495 e. The standard InChI is InChI=1S/C16H17ClN2O2/c1-11-5-3-4-6-12(11)10-18-16(20)19-14-9-13(17)7-8-15(14)21-2/h3-9H,10H2,1-2H3,(H2,18,19,20). The second-order valence-electron chi connectivity index (χ2n) is 4.58. The number of hydrogen-bond donors (Lipinski definition) is 2. The minimum atomic E-state index is -0.307. The molecule has 0 aromatic heterocycles. The van der Waals surface area contributed by atoms with Crippen LogP contribution in [0.2, 0.25) is 5.02 Å². The normalized spacial score (nSPS) is 10.0. The number of nitrogens with one attached hydrogen (secondary N) is 2. The monoisotopic (exact) mass is 304 g/mol. The van der Waals surface area contributed by atoms with E-state index in [9.17, 15) is 4.79 Å². The molecule has 0 radical (unpaired) electrons. The Labute approximate surface area is 129 Å². The number of rotatable bonds is 4. The predicted octanol–water partition coefficient (Wildman–Crippen LogP) is 3.98. The second kappa shape index (κ2) is 6.99. The highest BCUT2D eigenvalue weighted by Crippen LogP contribution is 2.27. The molecular weight excluding hydrogens is 288 g/mol. The first-order valence-electron chi connectivity index (χ1n) is 6.53. The zero-order valence-electron chi connectivity index (χ0n) is 11.9. The highest BCUT2D eigenvalue weighted by molar-refractivity contribution is 6.31. The van der Waals surface area contributed by atoms with Crippen molar-refractivity contribution in [2.75, 3.05) is 12.4 Å². The van der Waals surface area contributed by atoms with Crippen LogP contribution in [-0.2, 0) is 6.54 Å². The van der Waals surface area contributed by atoms with E-state index in [1.165, 1.54) is 0 Å². The Hall–Kier alpha value is -2.20. The van der Waals surface area contributed by atoms with Crippen molar-refractivity contribution < 1.29 is 9.53 Å². The van der Waals surface area contributed by atoms with Crippen molar-refractivity contribution in [3.63, 3.8) is 0 Å². The third kappa shape index (κ3) is 4.13. The van der Waals surface area contributed by atoms with E-state index in [-0.39, 0.29) is 6.03 Å². The number of aryl methyl sites for hydroxylation is 1. The molecule has 2 N–H and O–H groups in total. The van der Waals surface area contributed by atoms with Crippen LogP contribution >= 0.6 is 11.6 Å². The Morgan fingerprint density at radius 2 is 2.00 bits per heavy atom. The predicted molar refractivity (Wildman–Crippen MR) is 85.0 cm³/mol. The van der Waals surface area contributed by atoms with Gasteiger partial charge in [-0.2, -0.15) is 0 Å². The van der Waals surface area contributed by atoms with Gasteiger partial charge in [-0.05, 0) is 36.2 Å². The molecule has 0 aliphatic heterocycles. The molecule has 0 aliphatic carbocycles. The van der Waals surface area contributed by atoms with Gasteiger partial charge in [0.2, 0.25) is 0 Å². The third-order valence-electron chi connectivity index (χ3n) is 3.11. The van der Waals surface area contributed by atoms with E-state index in [4.69, 9.17) is 16.3 Å². The number of hydrogen-bond acceptors (Lipinski definition) is 2. The van der Waals surface area contributed by atoms with Gasteiger partial charge in [0.05, 0.1) is 12.8 Å². The first kappa shape index (κ1) is 15.2. The van der Waals surface area contributed by atoms with Gasteiger partial charge in [0.15, 0.2) is 0 Å². The number of benzene rings is 2. The Morgan fingerprint density at radius 3 is 2.71 bits per heavy atom. The van der Waals surface area contributed by atoms with Gasteiger partial charge < -0.3 is 15.4 Å². The summed E-state index contributed by atoms with van der Waals surface area (Å²) in [7, 11) is 1.54. The quantitative estimate of drug-likeness (QED) is 0.897. The fourth-order valence-electron chi connectivity index (χ4n) is 1.93. The fraction of sp³-hybridized carbons (Fsp3) is 0.188. The van der Waals surface area contributed by atoms with Crippen LogP contribution in [0.3, 0.4) is 0 Å². The van der Waals surface area contributed by atoms with Crippen LogP contribution in [0.1, 0.15) is 11.1 Å². The summed E-state index contributed by atoms with van der Waals surface area (Å²) >= 11 is 5.92. The van der Waals surface area contributed by atoms with Crippen LogP contribution in [0.5, 0.6) is 5.75 Å². The van der Waals surface area contributed by atoms with Gasteiger partial charge in [0.1, 0.15) is 5.75 Å². The summed E-state index contributed by atoms with van der Waals surface area (Å²) in [5.41, 5.74) is 2.75. The number of urea groups is 1. The molecule has 0 bridgehead atoms. The van der Waals surface area contributed by atoms with E-state index in [0.717, 1.165) is 11.1 Å². The Morgan fingerprint density at radius 1 is 1.24 bits per heavy atom. The van der Waals surface area contributed by atoms with E-state index in [0.29, 0.717) is 23.0 Å². The third-order valence-corrected chi connectivity index (χ3v) is 3.35. The molecule has 5 heteroatoms. The molecule has 2 aromatic rings. The van der Waals surface area contributed by atoms with Gasteiger partial charge in [-0.25, -0.2) is 4.79 Å². The molecule has 2 rings (SSSR count). The first-order valence-corrected chi connectivity index (χ1v) is 6.91. The number of ether oxygens (including phenoxy) is 1. The highest BCUT2D eigenvalue weighted by atomic mass is 35.5. The summed E-state index contributed by atoms with van der Waals surface area (Å²) < 4.78 is 5.18. The lowest BCUT2D eigenvalue weighted by Gasteiger charge is -2.12. The van der Waals surface area contributed by atoms with Crippen molar-refractivity contribution in [3.05, 3.63) is 58.6 Å². The lowest BCUT2D eigenvalue weighted by Crippen LogP contribution is -2.28. The average molecular weight is 305 g/mol. The molecule has 110 valence electrons. The summed E-state index contributed by atoms with van der Waals surface area (Å²) in [6.45, 7) is 2.47. The molecule has 0 saturated heterocycles. The van der Waals surface area contributed by atoms with Crippen LogP contribution in [0, 0.1) is 6.92 Å². The fourth-order valence-corrected chi connectivity index (χ4v) is 2.10. The molecule has 4 nitrogen and oxygen atoms in total. The van der Waals surface area contributed by atoms with Crippen molar-refractivity contribution in [1.82, 2.24) is 5.32 Å². The number of amides is 2. The van der Waals surface area contributed by atoms with E-state index < -0.39 is 0 Å². The number of halogens is 1. The minimum absolute atomic E-state index is 0.307. The number of carbonyl (C=O) groups is 1. The van der Waals surface area contributed by atoms with Crippen molar-refractivity contribution in [3.8, 4) is 5.75 Å². The molecule has 0 unspecified atom stereocenters. The SMILES string of the molecule is COc1ccc(Cl)cc1NC(=O)NCc1ccccc1C. The molecule has 0 heterocycles. The van der Waals surface area contributed by atoms with E-state index in [1.807, 2.05) is 31.2 Å². The van der Waals surface area contributed by atoms with Gasteiger partial charge in [-0.1, -0.05) is 35.9 Å². The molecule has 0 saturated carbocycles. The number of anilines is 1. The Bertz CT molecular complexity index is 644. The zero-order chi connectivity index (χ0) is 15.2. The van der Waals surface area contributed by atoms with Crippen LogP contribution in [0.15, 0.2) is 42.5 Å². The largest absolute Gasteiger partial charge is 0.495 e. The van der Waals surface area contributed by atoms with Crippen molar-refractivity contribution in [2.45, 2.75) is 13.5 Å². The van der Waals surface area contributed by atoms with Crippen LogP contribution in [0.4, 0.5) is 10.5 Å². The van der Waals surface area contributed by atoms with Crippen LogP contribution in [-0.4, -0.2) is 13.1 Å². The molecule has 2 aromatic carbocycles. The molecule has 2 amide bonds. The van der Waals surface area contributed by atoms with Gasteiger partial charge in [0, 0.05) is 11.6 Å². The molecular formula is C16H17ClN2O2. The van der Waals surface area contributed by atoms with Gasteiger partial charge in [-0.15, -0.1) is 0 Å². The Balaban J connectivity index is 1.99. The van der Waals surface area contributed by atoms with Gasteiger partial charge in [-0.3, -0.25) is 0 Å². The summed E-state index contributed by atoms with van der Waals surface area (Å²) in [5, 5.41) is 6.08. The molecule has 0 spiro atoms. The number of carbonyl (C=O) groups excluding carboxylic acids is 1. The lowest BCUT2D eigenvalue weighted by molar-refractivity contribution is 0.251. The van der Waals surface area contributed by atoms with Gasteiger partial charge in [0.25, 0.3) is 0 Å². The maximum Gasteiger partial charge on any atom is 0.319 e. The summed E-state index contributed by atoms with van der Waals surface area (Å²) in [6, 6.07) is 12.7. The lowest BCUT2D eigenvalue weighted by atomic mass is 10.1. The topological polar surface area (TPSA) is 50.4 Å². The zero-order valence-corrected chi connectivity index (χ0v) is 12.7. The van der Waals surface area contributed by atoms with Crippen LogP contribution < -0.4 is 15.4 Å². The van der Waals surface area contributed by atoms with Crippen molar-refractivity contribution in [1.29, 1.82) is 0 Å². The average Bonchev–Trinajstić information content (AvgIpc) is 2.47. The molecule has 0 aliphatic rings. The maximum atomic E-state index is 12.0. The Kier molecular flexibility index (Phi) is 5.06. The van der Waals surface area contributed by atoms with E-state index >= 15 is 0 Å². The number of methoxy groups -OCH3 is 1. The van der Waals surface area contributed by atoms with Crippen molar-refractivity contribution >= 4 is 23.3 Å². The van der Waals surface area contributed by atoms with Crippen molar-refractivity contribution in [2.24, 2.45) is 0 Å². The van der Waals surface area contributed by atoms with E-state index in [1.54, 1.807) is 25.3 Å². The molecule has 0 fully saturated rings. The highest BCUT2D eigenvalue weighted by Gasteiger charge is 2.08. The summed E-state index contributed by atoms with van der Waals surface area (Å²) in [6.07, 6.45) is 0. The van der Waals surface area contributed by atoms with Gasteiger partial charge >= 0.3 is 6.03 Å². The summed E-state index contributed by atoms with van der Waals surface area (Å²) in [4.78, 5) is 12.0. The molecule has 0 atom stereocenters. The molecule has 21 heavy (non-hydrogen) atoms. The maximum absolute atomic E-state index is 12.0. The first-order chi connectivity index (χ1) is 10.1. The second-order valence-corrected chi connectivity index (χ2v) is 5.02.